The van der Waals surface area contributed by atoms with Gasteiger partial charge in [-0.15, -0.1) is 0 Å². The van der Waals surface area contributed by atoms with Gasteiger partial charge in [0, 0.05) is 6.54 Å². The minimum atomic E-state index is -0.335. The monoisotopic (exact) mass is 234 g/mol. The van der Waals surface area contributed by atoms with Crippen molar-refractivity contribution in [1.82, 2.24) is 0 Å². The van der Waals surface area contributed by atoms with Gasteiger partial charge in [0.1, 0.15) is 5.50 Å². The van der Waals surface area contributed by atoms with Crippen LogP contribution in [0.1, 0.15) is 25.7 Å². The first kappa shape index (κ1) is 13.8. The number of nitrogens with two attached hydrogens (primary N) is 4. The van der Waals surface area contributed by atoms with Gasteiger partial charge in [0.25, 0.3) is 0 Å². The van der Waals surface area contributed by atoms with Crippen LogP contribution < -0.4 is 22.9 Å². The summed E-state index contributed by atoms with van der Waals surface area (Å²) in [6.45, 7) is 0.650. The zero-order chi connectivity index (χ0) is 11.7. The van der Waals surface area contributed by atoms with Gasteiger partial charge in [-0.1, -0.05) is 24.4 Å². The van der Waals surface area contributed by atoms with Gasteiger partial charge < -0.3 is 22.9 Å². The van der Waals surface area contributed by atoms with Crippen molar-refractivity contribution < 1.29 is 0 Å². The normalized spacial score (nSPS) is 11.8. The molecule has 0 aromatic carbocycles. The van der Waals surface area contributed by atoms with Gasteiger partial charge in [-0.3, -0.25) is 4.99 Å². The minimum Gasteiger partial charge on any atom is -0.370 e. The van der Waals surface area contributed by atoms with Crippen LogP contribution in [0.15, 0.2) is 9.98 Å². The van der Waals surface area contributed by atoms with Gasteiger partial charge in [0.05, 0.1) is 0 Å². The zero-order valence-electron chi connectivity index (χ0n) is 8.69. The summed E-state index contributed by atoms with van der Waals surface area (Å²) in [4.78, 5) is 7.65. The van der Waals surface area contributed by atoms with Gasteiger partial charge in [-0.05, 0) is 12.8 Å². The molecule has 15 heavy (non-hydrogen) atoms. The van der Waals surface area contributed by atoms with Crippen LogP contribution in [0.5, 0.6) is 0 Å². The quantitative estimate of drug-likeness (QED) is 0.158. The summed E-state index contributed by atoms with van der Waals surface area (Å²) in [6, 6.07) is 0. The number of guanidine groups is 2. The number of unbranched alkanes of at least 4 members (excludes halogenated alkanes) is 2. The summed E-state index contributed by atoms with van der Waals surface area (Å²) in [5.41, 5.74) is 20.4. The molecular formula is C8H19ClN6. The van der Waals surface area contributed by atoms with Crippen LogP contribution in [0.25, 0.3) is 0 Å². The first-order valence-electron chi connectivity index (χ1n) is 4.80. The van der Waals surface area contributed by atoms with E-state index in [1.807, 2.05) is 0 Å². The first-order valence-corrected chi connectivity index (χ1v) is 5.24. The van der Waals surface area contributed by atoms with Crippen molar-refractivity contribution in [2.45, 2.75) is 31.2 Å². The Labute approximate surface area is 94.7 Å². The molecule has 0 aliphatic carbocycles. The van der Waals surface area contributed by atoms with Gasteiger partial charge in [0.15, 0.2) is 11.9 Å². The molecule has 7 heteroatoms. The molecule has 88 valence electrons. The van der Waals surface area contributed by atoms with Crippen LogP contribution in [0.3, 0.4) is 0 Å². The van der Waals surface area contributed by atoms with E-state index in [9.17, 15) is 0 Å². The second kappa shape index (κ2) is 8.16. The summed E-state index contributed by atoms with van der Waals surface area (Å²) in [7, 11) is 0. The third-order valence-electron chi connectivity index (χ3n) is 1.68. The number of halogens is 1. The third-order valence-corrected chi connectivity index (χ3v) is 2.00. The van der Waals surface area contributed by atoms with Crippen molar-refractivity contribution in [3.63, 3.8) is 0 Å². The van der Waals surface area contributed by atoms with Crippen molar-refractivity contribution >= 4 is 23.5 Å². The molecule has 0 bridgehead atoms. The van der Waals surface area contributed by atoms with Crippen LogP contribution in [-0.2, 0) is 0 Å². The molecule has 0 aromatic rings. The Hall–Kier alpha value is -1.17. The standard InChI is InChI=1S/C8H19ClN6/c9-6(15-8(12)13)4-2-1-3-5-14-7(10)11/h6H,1-5H2,(H4,10,11,14)(H4,12,13,15). The maximum Gasteiger partial charge on any atom is 0.187 e. The van der Waals surface area contributed by atoms with E-state index in [0.29, 0.717) is 6.54 Å². The average Bonchev–Trinajstić information content (AvgIpc) is 2.09. The molecule has 0 fully saturated rings. The number of hydrogen-bond donors (Lipinski definition) is 4. The Balaban J connectivity index is 3.39. The van der Waals surface area contributed by atoms with Crippen molar-refractivity contribution in [3.05, 3.63) is 0 Å². The molecule has 0 rings (SSSR count). The van der Waals surface area contributed by atoms with E-state index in [1.165, 1.54) is 0 Å². The molecule has 0 aliphatic heterocycles. The number of aliphatic imine (C=N–C) groups is 2. The highest BCUT2D eigenvalue weighted by atomic mass is 35.5. The Bertz CT molecular complexity index is 219. The zero-order valence-corrected chi connectivity index (χ0v) is 9.45. The highest BCUT2D eigenvalue weighted by Gasteiger charge is 2.01. The SMILES string of the molecule is NC(N)=NCCCCCC(Cl)N=C(N)N. The predicted octanol–water partition coefficient (Wildman–Crippen LogP) is -0.341. The fraction of sp³-hybridized carbons (Fsp3) is 0.750. The van der Waals surface area contributed by atoms with Crippen LogP contribution >= 0.6 is 11.6 Å². The largest absolute Gasteiger partial charge is 0.370 e. The summed E-state index contributed by atoms with van der Waals surface area (Å²) in [5.74, 6) is 0.154. The number of hydrogen-bond acceptors (Lipinski definition) is 2. The summed E-state index contributed by atoms with van der Waals surface area (Å²) >= 11 is 5.82. The molecule has 0 aliphatic rings. The fourth-order valence-corrected chi connectivity index (χ4v) is 1.30. The maximum absolute atomic E-state index is 5.82. The van der Waals surface area contributed by atoms with E-state index in [1.54, 1.807) is 0 Å². The second-order valence-corrected chi connectivity index (χ2v) is 3.65. The fourth-order valence-electron chi connectivity index (χ4n) is 1.04. The molecule has 1 atom stereocenters. The molecule has 6 nitrogen and oxygen atoms in total. The van der Waals surface area contributed by atoms with Crippen LogP contribution in [0.2, 0.25) is 0 Å². The molecular weight excluding hydrogens is 216 g/mol. The Morgan fingerprint density at radius 2 is 1.67 bits per heavy atom. The maximum atomic E-state index is 5.82. The van der Waals surface area contributed by atoms with Gasteiger partial charge in [-0.25, -0.2) is 4.99 Å². The number of nitrogens with zero attached hydrogens (tertiary/aromatic N) is 2. The smallest absolute Gasteiger partial charge is 0.187 e. The molecule has 8 N–H and O–H groups in total. The lowest BCUT2D eigenvalue weighted by molar-refractivity contribution is 0.634. The van der Waals surface area contributed by atoms with Crippen LogP contribution in [0.4, 0.5) is 0 Å². The van der Waals surface area contributed by atoms with Crippen LogP contribution in [-0.4, -0.2) is 24.0 Å². The first-order chi connectivity index (χ1) is 7.02. The molecule has 0 spiro atoms. The number of alkyl halides is 1. The van der Waals surface area contributed by atoms with E-state index < -0.39 is 0 Å². The molecule has 0 saturated heterocycles. The van der Waals surface area contributed by atoms with E-state index in [4.69, 9.17) is 34.5 Å². The molecule has 1 unspecified atom stereocenters. The van der Waals surface area contributed by atoms with Crippen molar-refractivity contribution in [1.29, 1.82) is 0 Å². The topological polar surface area (TPSA) is 129 Å². The van der Waals surface area contributed by atoms with Gasteiger partial charge >= 0.3 is 0 Å². The molecule has 0 amide bonds. The van der Waals surface area contributed by atoms with Crippen molar-refractivity contribution in [2.24, 2.45) is 32.9 Å². The summed E-state index contributed by atoms with van der Waals surface area (Å²) in [6.07, 6.45) is 3.63. The lowest BCUT2D eigenvalue weighted by Gasteiger charge is -2.03. The average molecular weight is 235 g/mol. The molecule has 0 heterocycles. The van der Waals surface area contributed by atoms with E-state index in [0.717, 1.165) is 25.7 Å². The second-order valence-electron chi connectivity index (χ2n) is 3.14. The van der Waals surface area contributed by atoms with Crippen molar-refractivity contribution in [3.8, 4) is 0 Å². The van der Waals surface area contributed by atoms with E-state index >= 15 is 0 Å². The Morgan fingerprint density at radius 1 is 1.00 bits per heavy atom. The summed E-state index contributed by atoms with van der Waals surface area (Å²) in [5, 5.41) is 0. The Kier molecular flexibility index (Phi) is 7.53. The Morgan fingerprint density at radius 3 is 2.20 bits per heavy atom. The molecule has 0 saturated carbocycles. The van der Waals surface area contributed by atoms with E-state index in [2.05, 4.69) is 9.98 Å². The summed E-state index contributed by atoms with van der Waals surface area (Å²) < 4.78 is 0. The van der Waals surface area contributed by atoms with Gasteiger partial charge in [0.2, 0.25) is 0 Å². The van der Waals surface area contributed by atoms with Crippen LogP contribution in [0, 0.1) is 0 Å². The predicted molar refractivity (Wildman–Crippen MR) is 64.6 cm³/mol. The van der Waals surface area contributed by atoms with Gasteiger partial charge in [-0.2, -0.15) is 0 Å². The van der Waals surface area contributed by atoms with Crippen molar-refractivity contribution in [2.75, 3.05) is 6.54 Å². The molecule has 0 aromatic heterocycles. The highest BCUT2D eigenvalue weighted by molar-refractivity contribution is 6.20. The molecule has 0 radical (unpaired) electrons. The lowest BCUT2D eigenvalue weighted by Crippen LogP contribution is -2.24. The lowest BCUT2D eigenvalue weighted by atomic mass is 10.2. The minimum absolute atomic E-state index is 0.0236. The highest BCUT2D eigenvalue weighted by Crippen LogP contribution is 2.09. The third kappa shape index (κ3) is 10.8. The van der Waals surface area contributed by atoms with E-state index in [-0.39, 0.29) is 17.4 Å². The number of rotatable bonds is 7.